The van der Waals surface area contributed by atoms with Crippen LogP contribution in [0.3, 0.4) is 0 Å². The Kier molecular flexibility index (Phi) is 4.44. The van der Waals surface area contributed by atoms with Gasteiger partial charge in [0.15, 0.2) is 0 Å². The average Bonchev–Trinajstić information content (AvgIpc) is 3.21. The zero-order chi connectivity index (χ0) is 20.9. The molecule has 152 valence electrons. The van der Waals surface area contributed by atoms with Crippen molar-refractivity contribution >= 4 is 45.4 Å². The molecule has 10 heteroatoms. The van der Waals surface area contributed by atoms with Gasteiger partial charge in [-0.15, -0.1) is 21.8 Å². The maximum Gasteiger partial charge on any atom is 0.250 e. The van der Waals surface area contributed by atoms with Crippen molar-refractivity contribution in [1.82, 2.24) is 10.2 Å². The van der Waals surface area contributed by atoms with Crippen LogP contribution in [0.15, 0.2) is 58.8 Å². The predicted molar refractivity (Wildman–Crippen MR) is 115 cm³/mol. The van der Waals surface area contributed by atoms with Crippen LogP contribution in [0.5, 0.6) is 5.75 Å². The van der Waals surface area contributed by atoms with E-state index in [4.69, 9.17) is 11.6 Å². The molecule has 3 heterocycles. The van der Waals surface area contributed by atoms with Gasteiger partial charge >= 0.3 is 0 Å². The molecule has 0 aliphatic carbocycles. The molecule has 0 saturated carbocycles. The molecule has 0 radical (unpaired) electrons. The van der Waals surface area contributed by atoms with Gasteiger partial charge < -0.3 is 10.0 Å². The summed E-state index contributed by atoms with van der Waals surface area (Å²) in [5.74, 6) is -0.176. The molecule has 2 aliphatic rings. The molecule has 2 atom stereocenters. The summed E-state index contributed by atoms with van der Waals surface area (Å²) in [7, 11) is 0. The lowest BCUT2D eigenvalue weighted by Crippen LogP contribution is -2.69. The topological polar surface area (TPSA) is 94.3 Å². The van der Waals surface area contributed by atoms with Crippen molar-refractivity contribution in [1.29, 1.82) is 0 Å². The summed E-state index contributed by atoms with van der Waals surface area (Å²) in [4.78, 5) is 16.2. The minimum atomic E-state index is -0.910. The van der Waals surface area contributed by atoms with Gasteiger partial charge in [0.2, 0.25) is 5.13 Å². The SMILES string of the molecule is CC1(c2ccccc2O)C(Cl)C(=O)N1c1nnc(CN2CN=Nc3ccccc32)s1. The smallest absolute Gasteiger partial charge is 0.250 e. The number of amides is 1. The summed E-state index contributed by atoms with van der Waals surface area (Å²) < 4.78 is 0. The van der Waals surface area contributed by atoms with Gasteiger partial charge in [0.25, 0.3) is 5.91 Å². The van der Waals surface area contributed by atoms with E-state index >= 15 is 0 Å². The quantitative estimate of drug-likeness (QED) is 0.485. The highest BCUT2D eigenvalue weighted by molar-refractivity contribution is 7.15. The molecule has 8 nitrogen and oxygen atoms in total. The summed E-state index contributed by atoms with van der Waals surface area (Å²) in [6, 6.07) is 14.7. The highest BCUT2D eigenvalue weighted by Crippen LogP contribution is 2.50. The zero-order valence-corrected chi connectivity index (χ0v) is 17.5. The van der Waals surface area contributed by atoms with E-state index in [2.05, 4.69) is 25.3 Å². The highest BCUT2D eigenvalue weighted by atomic mass is 35.5. The highest BCUT2D eigenvalue weighted by Gasteiger charge is 2.60. The molecular weight excluding hydrogens is 424 g/mol. The Labute approximate surface area is 181 Å². The number of halogens is 1. The second-order valence-corrected chi connectivity index (χ2v) is 8.73. The van der Waals surface area contributed by atoms with Gasteiger partial charge in [-0.2, -0.15) is 10.2 Å². The van der Waals surface area contributed by atoms with Crippen LogP contribution in [0, 0.1) is 0 Å². The Morgan fingerprint density at radius 2 is 1.97 bits per heavy atom. The Hall–Kier alpha value is -3.04. The van der Waals surface area contributed by atoms with E-state index in [1.54, 1.807) is 24.3 Å². The molecule has 5 rings (SSSR count). The van der Waals surface area contributed by atoms with Crippen molar-refractivity contribution in [3.05, 3.63) is 59.1 Å². The van der Waals surface area contributed by atoms with Crippen LogP contribution in [-0.2, 0) is 16.9 Å². The fourth-order valence-corrected chi connectivity index (χ4v) is 5.13. The van der Waals surface area contributed by atoms with Crippen LogP contribution >= 0.6 is 22.9 Å². The normalized spacial score (nSPS) is 22.7. The first-order valence-corrected chi connectivity index (χ1v) is 10.6. The number of para-hydroxylation sites is 2. The maximum absolute atomic E-state index is 12.6. The third-order valence-electron chi connectivity index (χ3n) is 5.45. The van der Waals surface area contributed by atoms with E-state index in [0.29, 0.717) is 23.9 Å². The molecule has 0 spiro atoms. The first-order valence-electron chi connectivity index (χ1n) is 9.30. The molecule has 2 unspecified atom stereocenters. The Morgan fingerprint density at radius 3 is 2.80 bits per heavy atom. The summed E-state index contributed by atoms with van der Waals surface area (Å²) >= 11 is 7.72. The van der Waals surface area contributed by atoms with Crippen molar-refractivity contribution in [2.75, 3.05) is 16.5 Å². The number of nitrogens with zero attached hydrogens (tertiary/aromatic N) is 6. The zero-order valence-electron chi connectivity index (χ0n) is 15.9. The summed E-state index contributed by atoms with van der Waals surface area (Å²) in [5.41, 5.74) is 1.45. The number of rotatable bonds is 4. The number of carbonyl (C=O) groups is 1. The number of fused-ring (bicyclic) bond motifs is 1. The number of hydrogen-bond acceptors (Lipinski definition) is 8. The monoisotopic (exact) mass is 440 g/mol. The van der Waals surface area contributed by atoms with Crippen LogP contribution in [0.4, 0.5) is 16.5 Å². The number of azo groups is 1. The maximum atomic E-state index is 12.6. The third kappa shape index (κ3) is 2.77. The molecule has 30 heavy (non-hydrogen) atoms. The lowest BCUT2D eigenvalue weighted by molar-refractivity contribution is -0.126. The number of anilines is 2. The van der Waals surface area contributed by atoms with Crippen LogP contribution in [0.25, 0.3) is 0 Å². The second-order valence-electron chi connectivity index (χ2n) is 7.25. The number of phenolic OH excluding ortho intramolecular Hbond substituents is 1. The molecule has 2 aromatic carbocycles. The number of hydrogen-bond donors (Lipinski definition) is 1. The number of alkyl halides is 1. The summed E-state index contributed by atoms with van der Waals surface area (Å²) in [6.45, 7) is 2.74. The minimum absolute atomic E-state index is 0.0863. The van der Waals surface area contributed by atoms with Gasteiger partial charge in [-0.1, -0.05) is 41.7 Å². The largest absolute Gasteiger partial charge is 0.508 e. The number of carbonyl (C=O) groups excluding carboxylic acids is 1. The van der Waals surface area contributed by atoms with E-state index in [-0.39, 0.29) is 11.7 Å². The van der Waals surface area contributed by atoms with Crippen molar-refractivity contribution in [2.45, 2.75) is 24.4 Å². The summed E-state index contributed by atoms with van der Waals surface area (Å²) in [6.07, 6.45) is 0. The van der Waals surface area contributed by atoms with E-state index in [0.717, 1.165) is 16.4 Å². The fourth-order valence-electron chi connectivity index (χ4n) is 3.86. The average molecular weight is 441 g/mol. The van der Waals surface area contributed by atoms with Crippen LogP contribution in [-0.4, -0.2) is 33.3 Å². The van der Waals surface area contributed by atoms with E-state index in [9.17, 15) is 9.90 Å². The van der Waals surface area contributed by atoms with Crippen LogP contribution in [0.2, 0.25) is 0 Å². The molecule has 0 bridgehead atoms. The molecule has 1 amide bonds. The van der Waals surface area contributed by atoms with E-state index in [1.807, 2.05) is 31.2 Å². The Morgan fingerprint density at radius 1 is 1.20 bits per heavy atom. The Balaban J connectivity index is 1.43. The third-order valence-corrected chi connectivity index (χ3v) is 6.96. The van der Waals surface area contributed by atoms with E-state index < -0.39 is 10.9 Å². The minimum Gasteiger partial charge on any atom is -0.508 e. The molecular formula is C20H17ClN6O2S. The standard InChI is InChI=1S/C20H17ClN6O2S/c1-20(12-6-2-5-9-15(12)28)17(21)18(29)27(20)19-25-24-16(30-19)10-26-11-22-23-13-7-3-4-8-14(13)26/h2-9,17,28H,10-11H2,1H3. The molecule has 2 aliphatic heterocycles. The lowest BCUT2D eigenvalue weighted by atomic mass is 9.78. The first-order chi connectivity index (χ1) is 14.5. The Bertz CT molecular complexity index is 1170. The number of aromatic nitrogens is 2. The van der Waals surface area contributed by atoms with Crippen LogP contribution in [0.1, 0.15) is 17.5 Å². The molecule has 1 saturated heterocycles. The van der Waals surface area contributed by atoms with Gasteiger partial charge in [-0.3, -0.25) is 9.69 Å². The first kappa shape index (κ1) is 19.0. The van der Waals surface area contributed by atoms with Crippen molar-refractivity contribution < 1.29 is 9.90 Å². The molecule has 1 aromatic heterocycles. The van der Waals surface area contributed by atoms with Gasteiger partial charge in [-0.05, 0) is 25.1 Å². The van der Waals surface area contributed by atoms with Gasteiger partial charge in [0, 0.05) is 5.56 Å². The molecule has 1 fully saturated rings. The number of phenols is 1. The fraction of sp³-hybridized carbons (Fsp3) is 0.250. The number of β-lactam (4-membered cyclic amide) rings is 1. The van der Waals surface area contributed by atoms with Gasteiger partial charge in [0.1, 0.15) is 34.0 Å². The second kappa shape index (κ2) is 7.03. The van der Waals surface area contributed by atoms with Gasteiger partial charge in [-0.25, -0.2) is 0 Å². The molecule has 1 N–H and O–H groups in total. The number of aromatic hydroxyl groups is 1. The predicted octanol–water partition coefficient (Wildman–Crippen LogP) is 4.17. The van der Waals surface area contributed by atoms with Crippen molar-refractivity contribution in [3.8, 4) is 5.75 Å². The van der Waals surface area contributed by atoms with Gasteiger partial charge in [0.05, 0.1) is 12.2 Å². The molecule has 3 aromatic rings. The van der Waals surface area contributed by atoms with Crippen molar-refractivity contribution in [3.63, 3.8) is 0 Å². The lowest BCUT2D eigenvalue weighted by Gasteiger charge is -2.51. The van der Waals surface area contributed by atoms with Crippen LogP contribution < -0.4 is 9.80 Å². The number of benzene rings is 2. The van der Waals surface area contributed by atoms with Crippen molar-refractivity contribution in [2.24, 2.45) is 10.2 Å². The summed E-state index contributed by atoms with van der Waals surface area (Å²) in [5, 5.41) is 27.6. The van der Waals surface area contributed by atoms with E-state index in [1.165, 1.54) is 16.2 Å².